The monoisotopic (exact) mass is 283 g/mol. The molecule has 0 spiro atoms. The average molecular weight is 284 g/mol. The Kier molecular flexibility index (Phi) is 4.01. The van der Waals surface area contributed by atoms with Crippen LogP contribution in [0.15, 0.2) is 18.2 Å². The SMILES string of the molecule is CNC1CCCN(c2ccc(Cl)c([N+](=O)[O-])c2)C1=O. The number of anilines is 1. The van der Waals surface area contributed by atoms with E-state index in [0.717, 1.165) is 12.8 Å². The second-order valence-electron chi connectivity index (χ2n) is 4.37. The number of nitrogens with zero attached hydrogens (tertiary/aromatic N) is 2. The summed E-state index contributed by atoms with van der Waals surface area (Å²) in [5.74, 6) is -0.0645. The molecule has 1 aliphatic rings. The van der Waals surface area contributed by atoms with Gasteiger partial charge < -0.3 is 10.2 Å². The number of carbonyl (C=O) groups excluding carboxylic acids is 1. The smallest absolute Gasteiger partial charge is 0.289 e. The van der Waals surface area contributed by atoms with Crippen molar-refractivity contribution >= 4 is 28.9 Å². The van der Waals surface area contributed by atoms with E-state index in [1.165, 1.54) is 12.1 Å². The topological polar surface area (TPSA) is 75.5 Å². The van der Waals surface area contributed by atoms with Crippen molar-refractivity contribution < 1.29 is 9.72 Å². The highest BCUT2D eigenvalue weighted by Crippen LogP contribution is 2.30. The van der Waals surface area contributed by atoms with E-state index in [4.69, 9.17) is 11.6 Å². The Balaban J connectivity index is 2.33. The van der Waals surface area contributed by atoms with Crippen LogP contribution in [0.2, 0.25) is 5.02 Å². The standard InChI is InChI=1S/C12H14ClN3O3/c1-14-10-3-2-6-15(12(10)17)8-4-5-9(13)11(7-8)16(18)19/h4-5,7,10,14H,2-3,6H2,1H3. The van der Waals surface area contributed by atoms with Gasteiger partial charge in [0.1, 0.15) is 5.02 Å². The maximum atomic E-state index is 12.2. The zero-order valence-electron chi connectivity index (χ0n) is 10.4. The van der Waals surface area contributed by atoms with E-state index in [2.05, 4.69) is 5.32 Å². The van der Waals surface area contributed by atoms with Crippen molar-refractivity contribution in [3.8, 4) is 0 Å². The maximum absolute atomic E-state index is 12.2. The maximum Gasteiger partial charge on any atom is 0.289 e. The average Bonchev–Trinajstić information content (AvgIpc) is 2.39. The molecule has 1 unspecified atom stereocenters. The van der Waals surface area contributed by atoms with Gasteiger partial charge in [-0.15, -0.1) is 0 Å². The molecule has 102 valence electrons. The van der Waals surface area contributed by atoms with Crippen LogP contribution in [0.4, 0.5) is 11.4 Å². The minimum Gasteiger partial charge on any atom is -0.311 e. The Morgan fingerprint density at radius 1 is 1.53 bits per heavy atom. The molecule has 1 aromatic carbocycles. The number of carbonyl (C=O) groups is 1. The lowest BCUT2D eigenvalue weighted by atomic mass is 10.0. The number of benzene rings is 1. The molecule has 0 saturated carbocycles. The summed E-state index contributed by atoms with van der Waals surface area (Å²) in [6.07, 6.45) is 1.63. The van der Waals surface area contributed by atoms with Crippen molar-refractivity contribution in [3.63, 3.8) is 0 Å². The normalized spacial score (nSPS) is 19.6. The van der Waals surface area contributed by atoms with Gasteiger partial charge in [-0.05, 0) is 32.0 Å². The fraction of sp³-hybridized carbons (Fsp3) is 0.417. The third-order valence-corrected chi connectivity index (χ3v) is 3.54. The van der Waals surface area contributed by atoms with Crippen LogP contribution in [0, 0.1) is 10.1 Å². The Morgan fingerprint density at radius 3 is 2.89 bits per heavy atom. The molecule has 1 heterocycles. The van der Waals surface area contributed by atoms with Gasteiger partial charge in [-0.2, -0.15) is 0 Å². The first-order valence-electron chi connectivity index (χ1n) is 5.97. The molecule has 1 atom stereocenters. The molecule has 6 nitrogen and oxygen atoms in total. The molecule has 0 radical (unpaired) electrons. The van der Waals surface area contributed by atoms with E-state index < -0.39 is 4.92 Å². The summed E-state index contributed by atoms with van der Waals surface area (Å²) in [6, 6.07) is 4.19. The Labute approximate surface area is 115 Å². The van der Waals surface area contributed by atoms with Gasteiger partial charge in [0.05, 0.1) is 16.7 Å². The van der Waals surface area contributed by atoms with Crippen LogP contribution in [0.3, 0.4) is 0 Å². The van der Waals surface area contributed by atoms with E-state index in [9.17, 15) is 14.9 Å². The first kappa shape index (κ1) is 13.8. The molecule has 0 aromatic heterocycles. The molecule has 19 heavy (non-hydrogen) atoms. The van der Waals surface area contributed by atoms with E-state index >= 15 is 0 Å². The van der Waals surface area contributed by atoms with Crippen LogP contribution in [0.5, 0.6) is 0 Å². The number of likely N-dealkylation sites (N-methyl/N-ethyl adjacent to an activating group) is 1. The van der Waals surface area contributed by atoms with E-state index in [1.54, 1.807) is 18.0 Å². The molecule has 1 saturated heterocycles. The lowest BCUT2D eigenvalue weighted by Gasteiger charge is -2.32. The van der Waals surface area contributed by atoms with Gasteiger partial charge in [-0.1, -0.05) is 11.6 Å². The van der Waals surface area contributed by atoms with Crippen molar-refractivity contribution in [2.75, 3.05) is 18.5 Å². The Hall–Kier alpha value is -1.66. The molecular weight excluding hydrogens is 270 g/mol. The number of piperidine rings is 1. The highest BCUT2D eigenvalue weighted by atomic mass is 35.5. The number of nitrogens with one attached hydrogen (secondary N) is 1. The van der Waals surface area contributed by atoms with E-state index in [1.807, 2.05) is 0 Å². The van der Waals surface area contributed by atoms with Crippen LogP contribution in [-0.4, -0.2) is 30.5 Å². The lowest BCUT2D eigenvalue weighted by Crippen LogP contribution is -2.49. The summed E-state index contributed by atoms with van der Waals surface area (Å²) in [6.45, 7) is 0.565. The van der Waals surface area contributed by atoms with Crippen LogP contribution in [0.25, 0.3) is 0 Å². The molecule has 0 bridgehead atoms. The zero-order chi connectivity index (χ0) is 14.0. The first-order valence-corrected chi connectivity index (χ1v) is 6.35. The van der Waals surface area contributed by atoms with E-state index in [0.29, 0.717) is 12.2 Å². The number of nitro groups is 1. The zero-order valence-corrected chi connectivity index (χ0v) is 11.2. The Morgan fingerprint density at radius 2 is 2.26 bits per heavy atom. The summed E-state index contributed by atoms with van der Waals surface area (Å²) >= 11 is 5.77. The van der Waals surface area contributed by atoms with Crippen LogP contribution in [-0.2, 0) is 4.79 Å². The number of hydrogen-bond donors (Lipinski definition) is 1. The van der Waals surface area contributed by atoms with Gasteiger partial charge in [0.25, 0.3) is 5.69 Å². The number of hydrogen-bond acceptors (Lipinski definition) is 4. The molecule has 1 N–H and O–H groups in total. The number of halogens is 1. The highest BCUT2D eigenvalue weighted by Gasteiger charge is 2.29. The Bertz CT molecular complexity index is 521. The summed E-state index contributed by atoms with van der Waals surface area (Å²) in [7, 11) is 1.73. The minimum atomic E-state index is -0.546. The predicted octanol–water partition coefficient (Wildman–Crippen LogP) is 1.96. The lowest BCUT2D eigenvalue weighted by molar-refractivity contribution is -0.384. The van der Waals surface area contributed by atoms with Crippen molar-refractivity contribution in [3.05, 3.63) is 33.3 Å². The summed E-state index contributed by atoms with van der Waals surface area (Å²) in [4.78, 5) is 24.1. The molecule has 1 aromatic rings. The first-order chi connectivity index (χ1) is 9.04. The van der Waals surface area contributed by atoms with Crippen molar-refractivity contribution in [1.82, 2.24) is 5.32 Å². The van der Waals surface area contributed by atoms with E-state index in [-0.39, 0.29) is 22.7 Å². The summed E-state index contributed by atoms with van der Waals surface area (Å²) < 4.78 is 0. The molecule has 1 amide bonds. The third-order valence-electron chi connectivity index (χ3n) is 3.23. The quantitative estimate of drug-likeness (QED) is 0.680. The fourth-order valence-electron chi connectivity index (χ4n) is 2.21. The number of amides is 1. The van der Waals surface area contributed by atoms with Crippen molar-refractivity contribution in [1.29, 1.82) is 0 Å². The van der Waals surface area contributed by atoms with Gasteiger partial charge >= 0.3 is 0 Å². The second kappa shape index (κ2) is 5.54. The molecule has 2 rings (SSSR count). The van der Waals surface area contributed by atoms with Gasteiger partial charge in [-0.25, -0.2) is 0 Å². The number of rotatable bonds is 3. The number of nitro benzene ring substituents is 1. The largest absolute Gasteiger partial charge is 0.311 e. The fourth-order valence-corrected chi connectivity index (χ4v) is 2.39. The summed E-state index contributed by atoms with van der Waals surface area (Å²) in [5.41, 5.74) is 0.333. The van der Waals surface area contributed by atoms with Gasteiger partial charge in [0, 0.05) is 12.6 Å². The van der Waals surface area contributed by atoms with Crippen molar-refractivity contribution in [2.45, 2.75) is 18.9 Å². The van der Waals surface area contributed by atoms with Gasteiger partial charge in [0.15, 0.2) is 0 Å². The highest BCUT2D eigenvalue weighted by molar-refractivity contribution is 6.32. The van der Waals surface area contributed by atoms with Gasteiger partial charge in [-0.3, -0.25) is 14.9 Å². The van der Waals surface area contributed by atoms with Gasteiger partial charge in [0.2, 0.25) is 5.91 Å². The minimum absolute atomic E-state index is 0.0645. The van der Waals surface area contributed by atoms with Crippen LogP contribution >= 0.6 is 11.6 Å². The van der Waals surface area contributed by atoms with Crippen LogP contribution < -0.4 is 10.2 Å². The molecule has 1 aliphatic heterocycles. The van der Waals surface area contributed by atoms with Crippen LogP contribution in [0.1, 0.15) is 12.8 Å². The molecular formula is C12H14ClN3O3. The summed E-state index contributed by atoms with van der Waals surface area (Å²) in [5, 5.41) is 13.9. The molecule has 0 aliphatic carbocycles. The van der Waals surface area contributed by atoms with Crippen molar-refractivity contribution in [2.24, 2.45) is 0 Å². The third kappa shape index (κ3) is 2.69. The second-order valence-corrected chi connectivity index (χ2v) is 4.77. The molecule has 7 heteroatoms. The predicted molar refractivity (Wildman–Crippen MR) is 72.5 cm³/mol. The molecule has 1 fully saturated rings.